The van der Waals surface area contributed by atoms with E-state index in [2.05, 4.69) is 11.7 Å². The van der Waals surface area contributed by atoms with Crippen molar-refractivity contribution < 1.29 is 22.7 Å². The van der Waals surface area contributed by atoms with E-state index in [1.807, 2.05) is 0 Å². The standard InChI is InChI=1S/C18H26N2O5S/c1-14-7-10-19(11-8-14)17(21)9-12-20(26(3,23)24)16-6-4-5-15(13-16)18(22)25-2/h4-6,13-14H,7-12H2,1-3H3. The molecular formula is C18H26N2O5S. The number of anilines is 1. The molecule has 1 aromatic rings. The molecule has 0 aliphatic carbocycles. The highest BCUT2D eigenvalue weighted by atomic mass is 32.2. The Morgan fingerprint density at radius 1 is 1.27 bits per heavy atom. The predicted molar refractivity (Wildman–Crippen MR) is 99.6 cm³/mol. The minimum atomic E-state index is -3.59. The van der Waals surface area contributed by atoms with Crippen LogP contribution in [0, 0.1) is 5.92 Å². The van der Waals surface area contributed by atoms with Crippen LogP contribution in [-0.4, -0.2) is 58.2 Å². The van der Waals surface area contributed by atoms with Crippen LogP contribution in [0.4, 0.5) is 5.69 Å². The molecule has 0 aromatic heterocycles. The maximum atomic E-state index is 12.4. The maximum Gasteiger partial charge on any atom is 0.337 e. The van der Waals surface area contributed by atoms with E-state index in [9.17, 15) is 18.0 Å². The van der Waals surface area contributed by atoms with Gasteiger partial charge in [-0.1, -0.05) is 13.0 Å². The van der Waals surface area contributed by atoms with Gasteiger partial charge in [-0.05, 0) is 37.0 Å². The van der Waals surface area contributed by atoms with Gasteiger partial charge in [0.05, 0.1) is 24.6 Å². The number of carbonyl (C=O) groups excluding carboxylic acids is 2. The predicted octanol–water partition coefficient (Wildman–Crippen LogP) is 1.89. The summed E-state index contributed by atoms with van der Waals surface area (Å²) in [6, 6.07) is 6.20. The van der Waals surface area contributed by atoms with Gasteiger partial charge in [0.2, 0.25) is 15.9 Å². The number of esters is 1. The molecule has 2 rings (SSSR count). The summed E-state index contributed by atoms with van der Waals surface area (Å²) in [6.45, 7) is 3.64. The lowest BCUT2D eigenvalue weighted by molar-refractivity contribution is -0.132. The van der Waals surface area contributed by atoms with Gasteiger partial charge in [-0.25, -0.2) is 13.2 Å². The summed E-state index contributed by atoms with van der Waals surface area (Å²) in [6.07, 6.45) is 3.14. The molecule has 1 heterocycles. The first-order chi connectivity index (χ1) is 12.2. The Labute approximate surface area is 155 Å². The number of hydrogen-bond donors (Lipinski definition) is 0. The fraction of sp³-hybridized carbons (Fsp3) is 0.556. The molecule has 0 saturated carbocycles. The second-order valence-electron chi connectivity index (χ2n) is 6.69. The number of benzene rings is 1. The Hall–Kier alpha value is -2.09. The van der Waals surface area contributed by atoms with Crippen LogP contribution in [0.2, 0.25) is 0 Å². The monoisotopic (exact) mass is 382 g/mol. The van der Waals surface area contributed by atoms with Crippen LogP contribution < -0.4 is 4.31 Å². The first kappa shape index (κ1) is 20.2. The number of likely N-dealkylation sites (tertiary alicyclic amines) is 1. The Bertz CT molecular complexity index is 755. The van der Waals surface area contributed by atoms with Crippen LogP contribution in [-0.2, 0) is 19.6 Å². The first-order valence-corrected chi connectivity index (χ1v) is 10.5. The third-order valence-electron chi connectivity index (χ3n) is 4.62. The topological polar surface area (TPSA) is 84.0 Å². The molecule has 0 bridgehead atoms. The molecule has 0 radical (unpaired) electrons. The number of amides is 1. The van der Waals surface area contributed by atoms with Gasteiger partial charge in [0, 0.05) is 26.1 Å². The first-order valence-electron chi connectivity index (χ1n) is 8.66. The lowest BCUT2D eigenvalue weighted by Crippen LogP contribution is -2.40. The molecule has 0 atom stereocenters. The Morgan fingerprint density at radius 2 is 1.92 bits per heavy atom. The van der Waals surface area contributed by atoms with Crippen LogP contribution >= 0.6 is 0 Å². The second-order valence-corrected chi connectivity index (χ2v) is 8.60. The van der Waals surface area contributed by atoms with Crippen LogP contribution in [0.5, 0.6) is 0 Å². The highest BCUT2D eigenvalue weighted by molar-refractivity contribution is 7.92. The van der Waals surface area contributed by atoms with E-state index in [0.29, 0.717) is 11.6 Å². The number of sulfonamides is 1. The summed E-state index contributed by atoms with van der Waals surface area (Å²) in [7, 11) is -2.33. The van der Waals surface area contributed by atoms with E-state index in [0.717, 1.165) is 36.5 Å². The smallest absolute Gasteiger partial charge is 0.337 e. The van der Waals surface area contributed by atoms with Gasteiger partial charge < -0.3 is 9.64 Å². The lowest BCUT2D eigenvalue weighted by atomic mass is 9.99. The zero-order valence-corrected chi connectivity index (χ0v) is 16.3. The van der Waals surface area contributed by atoms with Crippen molar-refractivity contribution in [2.24, 2.45) is 5.92 Å². The van der Waals surface area contributed by atoms with Gasteiger partial charge in [0.1, 0.15) is 0 Å². The van der Waals surface area contributed by atoms with Gasteiger partial charge in [-0.2, -0.15) is 0 Å². The summed E-state index contributed by atoms with van der Waals surface area (Å²) >= 11 is 0. The minimum Gasteiger partial charge on any atom is -0.465 e. The Morgan fingerprint density at radius 3 is 2.50 bits per heavy atom. The molecule has 1 amide bonds. The van der Waals surface area contributed by atoms with E-state index in [4.69, 9.17) is 0 Å². The number of nitrogens with zero attached hydrogens (tertiary/aromatic N) is 2. The number of carbonyl (C=O) groups is 2. The molecule has 1 fully saturated rings. The van der Waals surface area contributed by atoms with Gasteiger partial charge >= 0.3 is 5.97 Å². The van der Waals surface area contributed by atoms with Crippen molar-refractivity contribution in [3.8, 4) is 0 Å². The van der Waals surface area contributed by atoms with Gasteiger partial charge in [-0.3, -0.25) is 9.10 Å². The van der Waals surface area contributed by atoms with Crippen molar-refractivity contribution in [1.82, 2.24) is 4.90 Å². The van der Waals surface area contributed by atoms with Crippen LogP contribution in [0.1, 0.15) is 36.5 Å². The fourth-order valence-electron chi connectivity index (χ4n) is 3.01. The summed E-state index contributed by atoms with van der Waals surface area (Å²) in [5.74, 6) is 0.0288. The number of ether oxygens (including phenoxy) is 1. The highest BCUT2D eigenvalue weighted by Gasteiger charge is 2.24. The molecule has 144 valence electrons. The number of methoxy groups -OCH3 is 1. The average Bonchev–Trinajstić information content (AvgIpc) is 2.60. The second kappa shape index (κ2) is 8.53. The van der Waals surface area contributed by atoms with Gasteiger partial charge in [-0.15, -0.1) is 0 Å². The largest absolute Gasteiger partial charge is 0.465 e. The number of piperidine rings is 1. The van der Waals surface area contributed by atoms with Crippen molar-refractivity contribution in [2.45, 2.75) is 26.2 Å². The zero-order valence-electron chi connectivity index (χ0n) is 15.5. The Balaban J connectivity index is 2.11. The molecule has 0 spiro atoms. The van der Waals surface area contributed by atoms with E-state index >= 15 is 0 Å². The molecular weight excluding hydrogens is 356 g/mol. The quantitative estimate of drug-likeness (QED) is 0.702. The average molecular weight is 382 g/mol. The number of hydrogen-bond acceptors (Lipinski definition) is 5. The van der Waals surface area contributed by atoms with Gasteiger partial charge in [0.15, 0.2) is 0 Å². The molecule has 1 saturated heterocycles. The van der Waals surface area contributed by atoms with Crippen LogP contribution in [0.25, 0.3) is 0 Å². The molecule has 0 unspecified atom stereocenters. The van der Waals surface area contributed by atoms with E-state index in [1.165, 1.54) is 13.2 Å². The molecule has 8 heteroatoms. The summed E-state index contributed by atoms with van der Waals surface area (Å²) in [5, 5.41) is 0. The van der Waals surface area contributed by atoms with Crippen LogP contribution in [0.3, 0.4) is 0 Å². The molecule has 1 aromatic carbocycles. The highest BCUT2D eigenvalue weighted by Crippen LogP contribution is 2.21. The molecule has 1 aliphatic heterocycles. The lowest BCUT2D eigenvalue weighted by Gasteiger charge is -2.31. The minimum absolute atomic E-state index is 0.0361. The summed E-state index contributed by atoms with van der Waals surface area (Å²) in [4.78, 5) is 25.9. The maximum absolute atomic E-state index is 12.4. The molecule has 1 aliphatic rings. The van der Waals surface area contributed by atoms with E-state index < -0.39 is 16.0 Å². The molecule has 0 N–H and O–H groups in total. The molecule has 26 heavy (non-hydrogen) atoms. The van der Waals surface area contributed by atoms with Crippen molar-refractivity contribution in [3.05, 3.63) is 29.8 Å². The molecule has 7 nitrogen and oxygen atoms in total. The van der Waals surface area contributed by atoms with E-state index in [-0.39, 0.29) is 24.4 Å². The fourth-order valence-corrected chi connectivity index (χ4v) is 3.92. The third-order valence-corrected chi connectivity index (χ3v) is 5.81. The number of rotatable bonds is 6. The van der Waals surface area contributed by atoms with Gasteiger partial charge in [0.25, 0.3) is 0 Å². The zero-order chi connectivity index (χ0) is 19.3. The van der Waals surface area contributed by atoms with Crippen LogP contribution in [0.15, 0.2) is 24.3 Å². The van der Waals surface area contributed by atoms with E-state index in [1.54, 1.807) is 23.1 Å². The van der Waals surface area contributed by atoms with Crippen molar-refractivity contribution in [3.63, 3.8) is 0 Å². The summed E-state index contributed by atoms with van der Waals surface area (Å²) < 4.78 is 30.2. The third kappa shape index (κ3) is 5.20. The normalized spacial score (nSPS) is 15.6. The SMILES string of the molecule is COC(=O)c1cccc(N(CCC(=O)N2CCC(C)CC2)S(C)(=O)=O)c1. The van der Waals surface area contributed by atoms with Crippen molar-refractivity contribution in [2.75, 3.05) is 37.3 Å². The summed E-state index contributed by atoms with van der Waals surface area (Å²) in [5.41, 5.74) is 0.602. The van der Waals surface area contributed by atoms with Crippen molar-refractivity contribution in [1.29, 1.82) is 0 Å². The Kier molecular flexibility index (Phi) is 6.63. The van der Waals surface area contributed by atoms with Crippen molar-refractivity contribution >= 4 is 27.6 Å².